The molecule has 5 heterocycles. The van der Waals surface area contributed by atoms with Crippen molar-refractivity contribution in [3.63, 3.8) is 0 Å². The summed E-state index contributed by atoms with van der Waals surface area (Å²) in [7, 11) is 0. The number of aliphatic hydroxyl groups excluding tert-OH is 1. The number of nitrogens with one attached hydrogen (secondary N) is 1. The molecule has 2 saturated heterocycles. The van der Waals surface area contributed by atoms with Gasteiger partial charge in [-0.05, 0) is 64.4 Å². The fourth-order valence-corrected chi connectivity index (χ4v) is 5.66. The van der Waals surface area contributed by atoms with Gasteiger partial charge < -0.3 is 24.4 Å². The second kappa shape index (κ2) is 9.72. The molecule has 3 aliphatic heterocycles. The first kappa shape index (κ1) is 26.0. The third kappa shape index (κ3) is 5.03. The standard InChI is InChI=1S/C27H39N5O6/c1-26(2,3)38-27(16-37-27)30-10-4-5-18(15-30)20-13-28-32-23(20)31(14-17-8-11-36-12-9-17)24(34)21(25(32)35)22(33)29-19-6-7-19/h5,13,17,19,22,29,33-34H,4,6-12,14-16H2,1-3H3. The summed E-state index contributed by atoms with van der Waals surface area (Å²) in [6.45, 7) is 9.76. The molecule has 0 aromatic carbocycles. The Labute approximate surface area is 222 Å². The van der Waals surface area contributed by atoms with Gasteiger partial charge in [0.15, 0.2) is 0 Å². The van der Waals surface area contributed by atoms with Crippen molar-refractivity contribution in [1.82, 2.24) is 24.4 Å². The molecule has 11 heteroatoms. The van der Waals surface area contributed by atoms with Crippen molar-refractivity contribution in [3.8, 4) is 5.88 Å². The van der Waals surface area contributed by atoms with Gasteiger partial charge in [0, 0.05) is 44.5 Å². The molecule has 4 aliphatic rings. The van der Waals surface area contributed by atoms with Gasteiger partial charge in [-0.1, -0.05) is 6.08 Å². The Balaban J connectivity index is 1.39. The molecule has 1 aliphatic carbocycles. The van der Waals surface area contributed by atoms with Crippen LogP contribution in [0.4, 0.5) is 0 Å². The minimum Gasteiger partial charge on any atom is -0.494 e. The molecular formula is C27H39N5O6. The van der Waals surface area contributed by atoms with Gasteiger partial charge in [-0.25, -0.2) is 4.90 Å². The maximum Gasteiger partial charge on any atom is 0.285 e. The maximum atomic E-state index is 13.6. The van der Waals surface area contributed by atoms with E-state index in [-0.39, 0.29) is 29.0 Å². The lowest BCUT2D eigenvalue weighted by molar-refractivity contribution is -0.202. The van der Waals surface area contributed by atoms with Crippen molar-refractivity contribution in [2.24, 2.45) is 5.92 Å². The quantitative estimate of drug-likeness (QED) is 0.347. The Bertz CT molecular complexity index is 1280. The Morgan fingerprint density at radius 3 is 2.66 bits per heavy atom. The zero-order valence-electron chi connectivity index (χ0n) is 22.5. The van der Waals surface area contributed by atoms with Crippen LogP contribution in [0, 0.1) is 5.92 Å². The molecule has 6 rings (SSSR count). The number of aromatic nitrogens is 3. The predicted octanol–water partition coefficient (Wildman–Crippen LogP) is 1.96. The summed E-state index contributed by atoms with van der Waals surface area (Å²) in [4.78, 5) is 15.8. The lowest BCUT2D eigenvalue weighted by Crippen LogP contribution is -2.47. The highest BCUT2D eigenvalue weighted by Crippen LogP contribution is 2.40. The molecule has 0 bridgehead atoms. The van der Waals surface area contributed by atoms with Crippen LogP contribution in [-0.4, -0.2) is 79.8 Å². The second-order valence-electron chi connectivity index (χ2n) is 12.0. The van der Waals surface area contributed by atoms with Crippen LogP contribution in [0.15, 0.2) is 17.1 Å². The fourth-order valence-electron chi connectivity index (χ4n) is 5.66. The molecular weight excluding hydrogens is 490 g/mol. The van der Waals surface area contributed by atoms with E-state index in [2.05, 4.69) is 21.4 Å². The zero-order valence-corrected chi connectivity index (χ0v) is 22.5. The first-order valence-corrected chi connectivity index (χ1v) is 13.8. The van der Waals surface area contributed by atoms with Gasteiger partial charge in [-0.15, -0.1) is 0 Å². The summed E-state index contributed by atoms with van der Waals surface area (Å²) in [6, 6.07) is 0.155. The minimum absolute atomic E-state index is 0.0609. The number of rotatable bonds is 8. The molecule has 38 heavy (non-hydrogen) atoms. The van der Waals surface area contributed by atoms with Gasteiger partial charge in [0.1, 0.15) is 24.0 Å². The molecule has 3 N–H and O–H groups in total. The molecule has 0 amide bonds. The van der Waals surface area contributed by atoms with Gasteiger partial charge >= 0.3 is 0 Å². The number of nitrogens with zero attached hydrogens (tertiary/aromatic N) is 4. The third-order valence-corrected chi connectivity index (χ3v) is 7.78. The highest BCUT2D eigenvalue weighted by atomic mass is 16.8. The van der Waals surface area contributed by atoms with Crippen LogP contribution in [0.25, 0.3) is 11.2 Å². The van der Waals surface area contributed by atoms with E-state index in [9.17, 15) is 15.0 Å². The van der Waals surface area contributed by atoms with Crippen molar-refractivity contribution in [2.75, 3.05) is 32.9 Å². The van der Waals surface area contributed by atoms with Gasteiger partial charge in [0.25, 0.3) is 11.5 Å². The van der Waals surface area contributed by atoms with Crippen LogP contribution in [0.1, 0.15) is 70.2 Å². The molecule has 2 aromatic rings. The average molecular weight is 530 g/mol. The van der Waals surface area contributed by atoms with E-state index in [0.717, 1.165) is 49.8 Å². The number of aromatic hydroxyl groups is 1. The SMILES string of the molecule is CC(C)(C)OC1(N2CCC=C(c3cnn4c(=O)c(C(O)NC5CC5)c(O)n(CC5CCOCC5)c34)C2)CO1. The summed E-state index contributed by atoms with van der Waals surface area (Å²) >= 11 is 0. The molecule has 2 atom stereocenters. The molecule has 0 spiro atoms. The lowest BCUT2D eigenvalue weighted by atomic mass is 9.99. The highest BCUT2D eigenvalue weighted by molar-refractivity contribution is 5.78. The predicted molar refractivity (Wildman–Crippen MR) is 139 cm³/mol. The van der Waals surface area contributed by atoms with Crippen LogP contribution in [0.2, 0.25) is 0 Å². The summed E-state index contributed by atoms with van der Waals surface area (Å²) < 4.78 is 20.7. The fraction of sp³-hybridized carbons (Fsp3) is 0.704. The Kier molecular flexibility index (Phi) is 6.64. The number of hydrogen-bond donors (Lipinski definition) is 3. The average Bonchev–Trinajstić information content (AvgIpc) is 3.80. The summed E-state index contributed by atoms with van der Waals surface area (Å²) in [5, 5.41) is 29.9. The van der Waals surface area contributed by atoms with Crippen LogP contribution in [-0.2, 0) is 20.8 Å². The van der Waals surface area contributed by atoms with E-state index in [1.165, 1.54) is 4.52 Å². The largest absolute Gasteiger partial charge is 0.494 e. The topological polar surface area (TPSA) is 126 Å². The normalized spacial score (nSPS) is 26.1. The van der Waals surface area contributed by atoms with E-state index in [0.29, 0.717) is 38.6 Å². The van der Waals surface area contributed by atoms with Gasteiger partial charge in [-0.2, -0.15) is 9.61 Å². The number of fused-ring (bicyclic) bond motifs is 1. The third-order valence-electron chi connectivity index (χ3n) is 7.78. The van der Waals surface area contributed by atoms with E-state index >= 15 is 0 Å². The molecule has 1 saturated carbocycles. The molecule has 2 unspecified atom stereocenters. The van der Waals surface area contributed by atoms with Gasteiger partial charge in [0.05, 0.1) is 11.8 Å². The van der Waals surface area contributed by atoms with Crippen LogP contribution in [0.3, 0.4) is 0 Å². The molecule has 3 fully saturated rings. The number of epoxide rings is 1. The van der Waals surface area contributed by atoms with E-state index in [1.807, 2.05) is 20.8 Å². The zero-order chi connectivity index (χ0) is 26.7. The van der Waals surface area contributed by atoms with Crippen molar-refractivity contribution < 1.29 is 24.4 Å². The summed E-state index contributed by atoms with van der Waals surface area (Å²) in [6.07, 6.45) is 7.00. The Morgan fingerprint density at radius 2 is 2.00 bits per heavy atom. The lowest BCUT2D eigenvalue weighted by Gasteiger charge is -2.36. The van der Waals surface area contributed by atoms with E-state index in [4.69, 9.17) is 14.2 Å². The van der Waals surface area contributed by atoms with Crippen LogP contribution >= 0.6 is 0 Å². The van der Waals surface area contributed by atoms with Gasteiger partial charge in [-0.3, -0.25) is 14.7 Å². The van der Waals surface area contributed by atoms with Crippen molar-refractivity contribution in [2.45, 2.75) is 83.2 Å². The van der Waals surface area contributed by atoms with E-state index in [1.54, 1.807) is 10.8 Å². The molecule has 208 valence electrons. The monoisotopic (exact) mass is 529 g/mol. The molecule has 2 aromatic heterocycles. The first-order valence-electron chi connectivity index (χ1n) is 13.8. The van der Waals surface area contributed by atoms with Crippen molar-refractivity contribution in [3.05, 3.63) is 33.8 Å². The molecule has 0 radical (unpaired) electrons. The number of ether oxygens (including phenoxy) is 3. The maximum absolute atomic E-state index is 13.6. The van der Waals surface area contributed by atoms with Crippen LogP contribution < -0.4 is 10.9 Å². The smallest absolute Gasteiger partial charge is 0.285 e. The number of aliphatic hydroxyl groups is 1. The van der Waals surface area contributed by atoms with Crippen LogP contribution in [0.5, 0.6) is 5.88 Å². The Morgan fingerprint density at radius 1 is 1.26 bits per heavy atom. The number of hydrogen-bond acceptors (Lipinski definition) is 9. The second-order valence-corrected chi connectivity index (χ2v) is 12.0. The highest BCUT2D eigenvalue weighted by Gasteiger charge is 2.54. The summed E-state index contributed by atoms with van der Waals surface area (Å²) in [5.41, 5.74) is 1.40. The van der Waals surface area contributed by atoms with Crippen molar-refractivity contribution >= 4 is 11.2 Å². The molecule has 11 nitrogen and oxygen atoms in total. The Hall–Kier alpha value is -2.28. The first-order chi connectivity index (χ1) is 18.2. The van der Waals surface area contributed by atoms with E-state index < -0.39 is 17.7 Å². The van der Waals surface area contributed by atoms with Gasteiger partial charge in [0.2, 0.25) is 5.88 Å². The minimum atomic E-state index is -1.27. The van der Waals surface area contributed by atoms with Crippen molar-refractivity contribution in [1.29, 1.82) is 0 Å². The summed E-state index contributed by atoms with van der Waals surface area (Å²) in [5.74, 6) is -0.677.